The molecule has 2 amide bonds. The summed E-state index contributed by atoms with van der Waals surface area (Å²) >= 11 is 0. The van der Waals surface area contributed by atoms with Gasteiger partial charge in [0.2, 0.25) is 7.37 Å². The number of rotatable bonds is 3. The van der Waals surface area contributed by atoms with Crippen LogP contribution in [0.2, 0.25) is 0 Å². The molecule has 1 heterocycles. The summed E-state index contributed by atoms with van der Waals surface area (Å²) < 4.78 is 13.0. The first-order valence-corrected chi connectivity index (χ1v) is 10.00. The summed E-state index contributed by atoms with van der Waals surface area (Å²) in [5, 5.41) is -1.24. The number of carbonyl (C=O) groups excluding carboxylic acids is 2. The van der Waals surface area contributed by atoms with E-state index >= 15 is 0 Å². The number of carbonyl (C=O) groups is 2. The van der Waals surface area contributed by atoms with E-state index in [9.17, 15) is 19.0 Å². The number of hydrogen-bond acceptors (Lipinski definition) is 3. The van der Waals surface area contributed by atoms with E-state index in [-0.39, 0.29) is 6.16 Å². The lowest BCUT2D eigenvalue weighted by Crippen LogP contribution is -2.53. The van der Waals surface area contributed by atoms with Crippen LogP contribution in [0.5, 0.6) is 0 Å². The van der Waals surface area contributed by atoms with Crippen molar-refractivity contribution in [3.63, 3.8) is 0 Å². The van der Waals surface area contributed by atoms with Gasteiger partial charge in [-0.25, -0.2) is 0 Å². The van der Waals surface area contributed by atoms with Crippen molar-refractivity contribution < 1.29 is 19.0 Å². The Labute approximate surface area is 136 Å². The van der Waals surface area contributed by atoms with Gasteiger partial charge in [0.25, 0.3) is 11.8 Å². The molecule has 3 rings (SSSR count). The van der Waals surface area contributed by atoms with Gasteiger partial charge < -0.3 is 4.89 Å². The van der Waals surface area contributed by atoms with Crippen LogP contribution < -0.4 is 0 Å². The molecule has 0 bridgehead atoms. The van der Waals surface area contributed by atoms with Crippen molar-refractivity contribution in [2.24, 2.45) is 0 Å². The molecule has 1 fully saturated rings. The second kappa shape index (κ2) is 5.57. The highest BCUT2D eigenvalue weighted by atomic mass is 31.2. The van der Waals surface area contributed by atoms with Gasteiger partial charge in [0.1, 0.15) is 5.28 Å². The maximum absolute atomic E-state index is 13.0. The fourth-order valence-corrected chi connectivity index (χ4v) is 5.97. The van der Waals surface area contributed by atoms with Crippen LogP contribution in [-0.2, 0) is 4.57 Å². The zero-order valence-corrected chi connectivity index (χ0v) is 14.4. The molecule has 1 aromatic carbocycles. The second-order valence-electron chi connectivity index (χ2n) is 6.56. The van der Waals surface area contributed by atoms with Gasteiger partial charge in [0, 0.05) is 6.16 Å². The monoisotopic (exact) mass is 335 g/mol. The molecule has 2 aliphatic rings. The number of nitrogens with zero attached hydrogens (tertiary/aromatic N) is 1. The van der Waals surface area contributed by atoms with Crippen molar-refractivity contribution in [2.75, 3.05) is 6.16 Å². The van der Waals surface area contributed by atoms with E-state index < -0.39 is 24.5 Å². The van der Waals surface area contributed by atoms with Gasteiger partial charge in [0.05, 0.1) is 11.1 Å². The number of imide groups is 1. The highest BCUT2D eigenvalue weighted by Crippen LogP contribution is 2.63. The maximum atomic E-state index is 13.0. The fourth-order valence-electron chi connectivity index (χ4n) is 3.87. The number of fused-ring (bicyclic) bond motifs is 1. The molecule has 0 saturated heterocycles. The molecule has 0 radical (unpaired) electrons. The van der Waals surface area contributed by atoms with Crippen molar-refractivity contribution in [1.29, 1.82) is 0 Å². The van der Waals surface area contributed by atoms with Crippen molar-refractivity contribution in [1.82, 2.24) is 4.90 Å². The predicted octanol–water partition coefficient (Wildman–Crippen LogP) is 3.54. The Morgan fingerprint density at radius 2 is 1.74 bits per heavy atom. The zero-order valence-electron chi connectivity index (χ0n) is 13.5. The molecule has 5 nitrogen and oxygen atoms in total. The first-order chi connectivity index (χ1) is 10.8. The Kier molecular flexibility index (Phi) is 3.97. The van der Waals surface area contributed by atoms with Crippen LogP contribution in [0.3, 0.4) is 0 Å². The van der Waals surface area contributed by atoms with Crippen molar-refractivity contribution in [2.45, 2.75) is 51.2 Å². The van der Waals surface area contributed by atoms with Crippen LogP contribution >= 0.6 is 7.37 Å². The van der Waals surface area contributed by atoms with Crippen LogP contribution in [-0.4, -0.2) is 33.0 Å². The van der Waals surface area contributed by atoms with Crippen molar-refractivity contribution >= 4 is 19.2 Å². The average molecular weight is 335 g/mol. The van der Waals surface area contributed by atoms with Crippen LogP contribution in [0.25, 0.3) is 0 Å². The molecule has 1 aliphatic carbocycles. The van der Waals surface area contributed by atoms with E-state index in [2.05, 4.69) is 0 Å². The smallest absolute Gasteiger partial charge is 0.262 e. The van der Waals surface area contributed by atoms with Crippen LogP contribution in [0.15, 0.2) is 18.2 Å². The maximum Gasteiger partial charge on any atom is 0.262 e. The molecule has 1 atom stereocenters. The Bertz CT molecular complexity index is 721. The summed E-state index contributed by atoms with van der Waals surface area (Å²) in [6, 6.07) is 5.13. The highest BCUT2D eigenvalue weighted by molar-refractivity contribution is 7.59. The van der Waals surface area contributed by atoms with E-state index in [1.807, 2.05) is 6.92 Å². The van der Waals surface area contributed by atoms with E-state index in [0.717, 1.165) is 29.7 Å². The molecule has 124 valence electrons. The Hall–Kier alpha value is -1.45. The average Bonchev–Trinajstić information content (AvgIpc) is 2.79. The van der Waals surface area contributed by atoms with Crippen molar-refractivity contribution in [3.8, 4) is 0 Å². The quantitative estimate of drug-likeness (QED) is 0.677. The topological polar surface area (TPSA) is 74.7 Å². The lowest BCUT2D eigenvalue weighted by Gasteiger charge is -2.45. The molecular weight excluding hydrogens is 313 g/mol. The number of aryl methyl sites for hydroxylation is 1. The zero-order chi connectivity index (χ0) is 16.8. The predicted molar refractivity (Wildman–Crippen MR) is 87.9 cm³/mol. The summed E-state index contributed by atoms with van der Waals surface area (Å²) in [6.45, 7) is 3.51. The lowest BCUT2D eigenvalue weighted by molar-refractivity contribution is 0.0466. The van der Waals surface area contributed by atoms with E-state index in [0.29, 0.717) is 24.0 Å². The van der Waals surface area contributed by atoms with E-state index in [4.69, 9.17) is 0 Å². The summed E-state index contributed by atoms with van der Waals surface area (Å²) in [7, 11) is -3.66. The minimum Gasteiger partial charge on any atom is -0.343 e. The van der Waals surface area contributed by atoms with Gasteiger partial charge in [-0.15, -0.1) is 0 Å². The molecular formula is C17H22NO4P. The van der Waals surface area contributed by atoms with Crippen LogP contribution in [0, 0.1) is 6.92 Å². The summed E-state index contributed by atoms with van der Waals surface area (Å²) in [6.07, 6.45) is 3.39. The van der Waals surface area contributed by atoms with Gasteiger partial charge in [-0.05, 0) is 31.9 Å². The number of hydrogen-bond donors (Lipinski definition) is 1. The first-order valence-electron chi connectivity index (χ1n) is 8.15. The molecule has 1 N–H and O–H groups in total. The van der Waals surface area contributed by atoms with Gasteiger partial charge >= 0.3 is 0 Å². The molecule has 0 aromatic heterocycles. The standard InChI is InChI=1S/C17H22NO4P/c1-3-23(21,22)17(9-5-4-6-10-17)18-15(19)13-8-7-12(2)11-14(13)16(18)20/h7-8,11H,3-6,9-10H2,1-2H3,(H,21,22). The summed E-state index contributed by atoms with van der Waals surface area (Å²) in [5.74, 6) is -0.840. The van der Waals surface area contributed by atoms with Crippen molar-refractivity contribution in [3.05, 3.63) is 34.9 Å². The normalized spacial score (nSPS) is 22.8. The molecule has 1 saturated carbocycles. The highest BCUT2D eigenvalue weighted by Gasteiger charge is 2.57. The Morgan fingerprint density at radius 3 is 2.35 bits per heavy atom. The molecule has 1 aromatic rings. The first kappa shape index (κ1) is 16.4. The summed E-state index contributed by atoms with van der Waals surface area (Å²) in [4.78, 5) is 37.5. The third-order valence-electron chi connectivity index (χ3n) is 5.19. The minimum absolute atomic E-state index is 0.0689. The molecule has 1 unspecified atom stereocenters. The SMILES string of the molecule is CCP(=O)(O)C1(N2C(=O)c3ccc(C)cc3C2=O)CCCCC1. The molecule has 0 spiro atoms. The summed E-state index contributed by atoms with van der Waals surface area (Å²) in [5.41, 5.74) is 1.60. The molecule has 6 heteroatoms. The fraction of sp³-hybridized carbons (Fsp3) is 0.529. The number of benzene rings is 1. The Balaban J connectivity index is 2.14. The molecule has 23 heavy (non-hydrogen) atoms. The lowest BCUT2D eigenvalue weighted by atomic mass is 9.93. The van der Waals surface area contributed by atoms with Gasteiger partial charge in [-0.2, -0.15) is 0 Å². The Morgan fingerprint density at radius 1 is 1.13 bits per heavy atom. The van der Waals surface area contributed by atoms with Gasteiger partial charge in [0.15, 0.2) is 0 Å². The largest absolute Gasteiger partial charge is 0.343 e. The third-order valence-corrected chi connectivity index (χ3v) is 8.00. The van der Waals surface area contributed by atoms with Crippen LogP contribution in [0.1, 0.15) is 65.3 Å². The third kappa shape index (κ3) is 2.29. The molecule has 1 aliphatic heterocycles. The van der Waals surface area contributed by atoms with Crippen LogP contribution in [0.4, 0.5) is 0 Å². The second-order valence-corrected chi connectivity index (χ2v) is 9.42. The van der Waals surface area contributed by atoms with E-state index in [1.54, 1.807) is 25.1 Å². The minimum atomic E-state index is -3.66. The van der Waals surface area contributed by atoms with Gasteiger partial charge in [-0.3, -0.25) is 19.1 Å². The van der Waals surface area contributed by atoms with Gasteiger partial charge in [-0.1, -0.05) is 37.8 Å². The number of amides is 2. The van der Waals surface area contributed by atoms with E-state index in [1.165, 1.54) is 0 Å².